The largest absolute Gasteiger partial charge is 0.326 e. The fourth-order valence-electron chi connectivity index (χ4n) is 1.63. The van der Waals surface area contributed by atoms with E-state index in [9.17, 15) is 13.6 Å². The van der Waals surface area contributed by atoms with Gasteiger partial charge in [-0.2, -0.15) is 0 Å². The summed E-state index contributed by atoms with van der Waals surface area (Å²) < 4.78 is 26.7. The molecule has 2 aromatic rings. The van der Waals surface area contributed by atoms with Crippen LogP contribution in [0.1, 0.15) is 21.5 Å². The van der Waals surface area contributed by atoms with Gasteiger partial charge in [-0.25, -0.2) is 13.8 Å². The van der Waals surface area contributed by atoms with Crippen LogP contribution in [0.15, 0.2) is 30.5 Å². The second kappa shape index (κ2) is 5.75. The Morgan fingerprint density at radius 2 is 2.05 bits per heavy atom. The summed E-state index contributed by atoms with van der Waals surface area (Å²) in [4.78, 5) is 15.9. The third-order valence-electron chi connectivity index (χ3n) is 2.79. The number of hydrogen-bond acceptors (Lipinski definition) is 3. The molecule has 0 spiro atoms. The standard InChI is InChI=1S/C14H13F2N3O/c1-8-4-10(12(16)5-11(8)15)14(20)19-13-3-2-9(6-17)7-18-13/h2-5,7H,6,17H2,1H3,(H,18,19,20). The summed E-state index contributed by atoms with van der Waals surface area (Å²) >= 11 is 0. The lowest BCUT2D eigenvalue weighted by Crippen LogP contribution is -2.15. The summed E-state index contributed by atoms with van der Waals surface area (Å²) in [7, 11) is 0. The molecule has 2 rings (SSSR count). The smallest absolute Gasteiger partial charge is 0.259 e. The maximum Gasteiger partial charge on any atom is 0.259 e. The number of nitrogens with one attached hydrogen (secondary N) is 1. The summed E-state index contributed by atoms with van der Waals surface area (Å²) in [6, 6.07) is 5.12. The Bertz CT molecular complexity index is 642. The summed E-state index contributed by atoms with van der Waals surface area (Å²) in [6.45, 7) is 1.80. The van der Waals surface area contributed by atoms with Crippen LogP contribution in [0, 0.1) is 18.6 Å². The van der Waals surface area contributed by atoms with Crippen LogP contribution in [0.5, 0.6) is 0 Å². The number of benzene rings is 1. The van der Waals surface area contributed by atoms with E-state index in [0.29, 0.717) is 12.6 Å². The summed E-state index contributed by atoms with van der Waals surface area (Å²) in [5.74, 6) is -2.01. The topological polar surface area (TPSA) is 68.0 Å². The summed E-state index contributed by atoms with van der Waals surface area (Å²) in [5, 5.41) is 2.44. The van der Waals surface area contributed by atoms with E-state index in [2.05, 4.69) is 10.3 Å². The zero-order chi connectivity index (χ0) is 14.7. The van der Waals surface area contributed by atoms with Gasteiger partial charge in [0.15, 0.2) is 0 Å². The van der Waals surface area contributed by atoms with Crippen LogP contribution < -0.4 is 11.1 Å². The van der Waals surface area contributed by atoms with Crippen molar-refractivity contribution in [3.8, 4) is 0 Å². The van der Waals surface area contributed by atoms with Crippen molar-refractivity contribution in [2.45, 2.75) is 13.5 Å². The number of nitrogens with zero attached hydrogens (tertiary/aromatic N) is 1. The van der Waals surface area contributed by atoms with Crippen molar-refractivity contribution in [2.24, 2.45) is 5.73 Å². The number of amides is 1. The second-order valence-corrected chi connectivity index (χ2v) is 4.29. The van der Waals surface area contributed by atoms with Crippen molar-refractivity contribution >= 4 is 11.7 Å². The van der Waals surface area contributed by atoms with Gasteiger partial charge in [0.25, 0.3) is 5.91 Å². The molecular weight excluding hydrogens is 264 g/mol. The molecule has 1 aromatic carbocycles. The van der Waals surface area contributed by atoms with Crippen molar-refractivity contribution in [1.29, 1.82) is 0 Å². The molecule has 104 valence electrons. The zero-order valence-corrected chi connectivity index (χ0v) is 10.8. The minimum absolute atomic E-state index is 0.197. The molecule has 0 saturated heterocycles. The highest BCUT2D eigenvalue weighted by molar-refractivity contribution is 6.04. The fourth-order valence-corrected chi connectivity index (χ4v) is 1.63. The predicted molar refractivity (Wildman–Crippen MR) is 71.2 cm³/mol. The van der Waals surface area contributed by atoms with Crippen LogP contribution in [0.3, 0.4) is 0 Å². The third-order valence-corrected chi connectivity index (χ3v) is 2.79. The molecule has 1 aromatic heterocycles. The van der Waals surface area contributed by atoms with Crippen molar-refractivity contribution in [1.82, 2.24) is 4.98 Å². The Hall–Kier alpha value is -2.34. The number of halogens is 2. The first kappa shape index (κ1) is 14.1. The van der Waals surface area contributed by atoms with Crippen molar-refractivity contribution in [3.05, 3.63) is 58.8 Å². The van der Waals surface area contributed by atoms with Crippen LogP contribution in [0.25, 0.3) is 0 Å². The van der Waals surface area contributed by atoms with Gasteiger partial charge in [0, 0.05) is 18.8 Å². The molecule has 20 heavy (non-hydrogen) atoms. The Balaban J connectivity index is 2.21. The van der Waals surface area contributed by atoms with Gasteiger partial charge in [0.1, 0.15) is 17.5 Å². The number of anilines is 1. The Kier molecular flexibility index (Phi) is 4.05. The summed E-state index contributed by atoms with van der Waals surface area (Å²) in [6.07, 6.45) is 1.52. The molecule has 0 aliphatic carbocycles. The van der Waals surface area contributed by atoms with E-state index in [1.165, 1.54) is 13.1 Å². The first-order chi connectivity index (χ1) is 9.51. The van der Waals surface area contributed by atoms with Gasteiger partial charge >= 0.3 is 0 Å². The molecule has 0 radical (unpaired) electrons. The van der Waals surface area contributed by atoms with Crippen LogP contribution in [-0.2, 0) is 6.54 Å². The van der Waals surface area contributed by atoms with Crippen LogP contribution in [-0.4, -0.2) is 10.9 Å². The van der Waals surface area contributed by atoms with E-state index in [-0.39, 0.29) is 16.9 Å². The van der Waals surface area contributed by atoms with E-state index in [1.54, 1.807) is 12.1 Å². The minimum Gasteiger partial charge on any atom is -0.326 e. The minimum atomic E-state index is -0.913. The number of carbonyl (C=O) groups is 1. The number of rotatable bonds is 3. The van der Waals surface area contributed by atoms with Gasteiger partial charge in [0.2, 0.25) is 0 Å². The molecule has 0 aliphatic rings. The van der Waals surface area contributed by atoms with Crippen LogP contribution in [0.2, 0.25) is 0 Å². The Morgan fingerprint density at radius 3 is 2.65 bits per heavy atom. The van der Waals surface area contributed by atoms with Gasteiger partial charge in [-0.15, -0.1) is 0 Å². The maximum absolute atomic E-state index is 13.6. The van der Waals surface area contributed by atoms with E-state index in [0.717, 1.165) is 11.6 Å². The maximum atomic E-state index is 13.6. The lowest BCUT2D eigenvalue weighted by Gasteiger charge is -2.07. The van der Waals surface area contributed by atoms with E-state index < -0.39 is 17.5 Å². The molecule has 0 bridgehead atoms. The number of hydrogen-bond donors (Lipinski definition) is 2. The van der Waals surface area contributed by atoms with Gasteiger partial charge in [-0.3, -0.25) is 4.79 Å². The highest BCUT2D eigenvalue weighted by Gasteiger charge is 2.15. The number of carbonyl (C=O) groups excluding carboxylic acids is 1. The molecule has 1 amide bonds. The van der Waals surface area contributed by atoms with Gasteiger partial charge in [-0.05, 0) is 30.2 Å². The zero-order valence-electron chi connectivity index (χ0n) is 10.8. The number of aryl methyl sites for hydroxylation is 1. The number of nitrogens with two attached hydrogens (primary N) is 1. The molecule has 6 heteroatoms. The summed E-state index contributed by atoms with van der Waals surface area (Å²) in [5.41, 5.74) is 6.21. The van der Waals surface area contributed by atoms with Crippen LogP contribution in [0.4, 0.5) is 14.6 Å². The van der Waals surface area contributed by atoms with Gasteiger partial charge in [-0.1, -0.05) is 6.07 Å². The lowest BCUT2D eigenvalue weighted by atomic mass is 10.1. The lowest BCUT2D eigenvalue weighted by molar-refractivity contribution is 0.102. The fraction of sp³-hybridized carbons (Fsp3) is 0.143. The molecular formula is C14H13F2N3O. The quantitative estimate of drug-likeness (QED) is 0.905. The normalized spacial score (nSPS) is 10.4. The molecule has 0 aliphatic heterocycles. The monoisotopic (exact) mass is 277 g/mol. The van der Waals surface area contributed by atoms with Crippen molar-refractivity contribution < 1.29 is 13.6 Å². The highest BCUT2D eigenvalue weighted by atomic mass is 19.1. The first-order valence-electron chi connectivity index (χ1n) is 5.93. The second-order valence-electron chi connectivity index (χ2n) is 4.29. The molecule has 0 saturated carbocycles. The third kappa shape index (κ3) is 2.97. The molecule has 0 atom stereocenters. The Labute approximate surface area is 114 Å². The molecule has 0 fully saturated rings. The Morgan fingerprint density at radius 1 is 1.30 bits per heavy atom. The number of pyridine rings is 1. The van der Waals surface area contributed by atoms with E-state index >= 15 is 0 Å². The average Bonchev–Trinajstić information content (AvgIpc) is 2.43. The van der Waals surface area contributed by atoms with Gasteiger partial charge in [0.05, 0.1) is 5.56 Å². The first-order valence-corrected chi connectivity index (χ1v) is 5.93. The predicted octanol–water partition coefficient (Wildman–Crippen LogP) is 2.38. The van der Waals surface area contributed by atoms with E-state index in [4.69, 9.17) is 5.73 Å². The molecule has 1 heterocycles. The average molecular weight is 277 g/mol. The van der Waals surface area contributed by atoms with E-state index in [1.807, 2.05) is 0 Å². The number of aromatic nitrogens is 1. The molecule has 3 N–H and O–H groups in total. The highest BCUT2D eigenvalue weighted by Crippen LogP contribution is 2.15. The van der Waals surface area contributed by atoms with Gasteiger partial charge < -0.3 is 11.1 Å². The SMILES string of the molecule is Cc1cc(C(=O)Nc2ccc(CN)cn2)c(F)cc1F. The van der Waals surface area contributed by atoms with Crippen LogP contribution >= 0.6 is 0 Å². The molecule has 4 nitrogen and oxygen atoms in total. The van der Waals surface area contributed by atoms with Crippen molar-refractivity contribution in [3.63, 3.8) is 0 Å². The molecule has 0 unspecified atom stereocenters. The van der Waals surface area contributed by atoms with Crippen molar-refractivity contribution in [2.75, 3.05) is 5.32 Å².